The average molecular weight is 279 g/mol. The van der Waals surface area contributed by atoms with Gasteiger partial charge in [-0.3, -0.25) is 0 Å². The highest BCUT2D eigenvalue weighted by Crippen LogP contribution is 2.22. The summed E-state index contributed by atoms with van der Waals surface area (Å²) in [6.45, 7) is 2.07. The summed E-state index contributed by atoms with van der Waals surface area (Å²) in [4.78, 5) is 5.39. The van der Waals surface area contributed by atoms with Gasteiger partial charge in [0.25, 0.3) is 0 Å². The van der Waals surface area contributed by atoms with Gasteiger partial charge < -0.3 is 15.4 Å². The molecule has 0 spiro atoms. The van der Waals surface area contributed by atoms with Crippen LogP contribution in [0, 0.1) is 6.92 Å². The maximum absolute atomic E-state index is 8.81. The Morgan fingerprint density at radius 1 is 1.37 bits per heavy atom. The zero-order valence-electron chi connectivity index (χ0n) is 10.7. The van der Waals surface area contributed by atoms with Crippen LogP contribution >= 0.6 is 11.8 Å². The van der Waals surface area contributed by atoms with Crippen LogP contribution in [0.3, 0.4) is 0 Å². The fourth-order valence-corrected chi connectivity index (χ4v) is 2.26. The highest BCUT2D eigenvalue weighted by atomic mass is 32.2. The second-order valence-corrected chi connectivity index (χ2v) is 5.32. The number of aromatic nitrogens is 2. The van der Waals surface area contributed by atoms with Crippen LogP contribution in [0.5, 0.6) is 0 Å². The van der Waals surface area contributed by atoms with E-state index in [0.717, 1.165) is 4.90 Å². The summed E-state index contributed by atoms with van der Waals surface area (Å²) in [5, 5.41) is 12.7. The lowest BCUT2D eigenvalue weighted by molar-refractivity contribution is 0.259. The third-order valence-corrected chi connectivity index (χ3v) is 3.64. The lowest BCUT2D eigenvalue weighted by Crippen LogP contribution is -2.12. The van der Waals surface area contributed by atoms with Gasteiger partial charge in [0.1, 0.15) is 0 Å². The van der Waals surface area contributed by atoms with Crippen LogP contribution in [-0.2, 0) is 5.75 Å². The Hall–Kier alpha value is -1.37. The molecule has 1 atom stereocenters. The van der Waals surface area contributed by atoms with Crippen molar-refractivity contribution >= 4 is 11.8 Å². The lowest BCUT2D eigenvalue weighted by atomic mass is 10.2. The highest BCUT2D eigenvalue weighted by Gasteiger charge is 2.14. The van der Waals surface area contributed by atoms with Gasteiger partial charge in [0.15, 0.2) is 5.82 Å². The summed E-state index contributed by atoms with van der Waals surface area (Å²) in [6, 6.07) is 7.88. The van der Waals surface area contributed by atoms with E-state index in [2.05, 4.69) is 41.3 Å². The van der Waals surface area contributed by atoms with Crippen molar-refractivity contribution in [2.24, 2.45) is 5.73 Å². The maximum atomic E-state index is 8.81. The second-order valence-electron chi connectivity index (χ2n) is 4.27. The molecule has 3 N–H and O–H groups in total. The molecule has 6 heteroatoms. The number of nitrogens with two attached hydrogens (primary N) is 1. The highest BCUT2D eigenvalue weighted by molar-refractivity contribution is 7.98. The van der Waals surface area contributed by atoms with Crippen LogP contribution in [0.4, 0.5) is 0 Å². The lowest BCUT2D eigenvalue weighted by Gasteiger charge is -2.01. The molecule has 0 aliphatic heterocycles. The van der Waals surface area contributed by atoms with Crippen molar-refractivity contribution in [3.05, 3.63) is 41.5 Å². The zero-order chi connectivity index (χ0) is 13.7. The molecule has 19 heavy (non-hydrogen) atoms. The molecule has 0 fully saturated rings. The minimum absolute atomic E-state index is 0.0109. The fraction of sp³-hybridized carbons (Fsp3) is 0.385. The van der Waals surface area contributed by atoms with Gasteiger partial charge in [0, 0.05) is 11.5 Å². The van der Waals surface area contributed by atoms with Gasteiger partial charge in [0.05, 0.1) is 11.8 Å². The Balaban J connectivity index is 1.91. The summed E-state index contributed by atoms with van der Waals surface area (Å²) in [7, 11) is 0. The van der Waals surface area contributed by atoms with Crippen molar-refractivity contribution in [1.29, 1.82) is 0 Å². The van der Waals surface area contributed by atoms with Crippen LogP contribution in [0.1, 0.15) is 29.7 Å². The number of aliphatic hydroxyl groups excluding tert-OH is 1. The minimum Gasteiger partial charge on any atom is -0.396 e. The van der Waals surface area contributed by atoms with Crippen molar-refractivity contribution < 1.29 is 9.63 Å². The molecule has 0 bridgehead atoms. The molecule has 0 aliphatic carbocycles. The Kier molecular flexibility index (Phi) is 4.95. The van der Waals surface area contributed by atoms with E-state index in [9.17, 15) is 0 Å². The normalized spacial score (nSPS) is 12.6. The smallest absolute Gasteiger partial charge is 0.243 e. The molecule has 102 valence electrons. The quantitative estimate of drug-likeness (QED) is 0.787. The van der Waals surface area contributed by atoms with Gasteiger partial charge >= 0.3 is 0 Å². The molecule has 2 rings (SSSR count). The topological polar surface area (TPSA) is 85.2 Å². The van der Waals surface area contributed by atoms with Crippen molar-refractivity contribution in [2.75, 3.05) is 6.61 Å². The first-order chi connectivity index (χ1) is 9.19. The molecule has 0 radical (unpaired) electrons. The predicted molar refractivity (Wildman–Crippen MR) is 73.7 cm³/mol. The van der Waals surface area contributed by atoms with E-state index in [-0.39, 0.29) is 6.61 Å². The maximum Gasteiger partial charge on any atom is 0.243 e. The number of hydrogen-bond acceptors (Lipinski definition) is 6. The number of hydrogen-bond donors (Lipinski definition) is 2. The molecule has 0 aliphatic rings. The Morgan fingerprint density at radius 3 is 2.79 bits per heavy atom. The summed E-state index contributed by atoms with van der Waals surface area (Å²) in [6.07, 6.45) is 0.423. The SMILES string of the molecule is Cc1ccc(SCc2noc(C(N)CCO)n2)cc1. The van der Waals surface area contributed by atoms with Crippen molar-refractivity contribution in [2.45, 2.75) is 30.0 Å². The van der Waals surface area contributed by atoms with E-state index >= 15 is 0 Å². The van der Waals surface area contributed by atoms with Crippen molar-refractivity contribution in [1.82, 2.24) is 10.1 Å². The number of thioether (sulfide) groups is 1. The number of aryl methyl sites for hydroxylation is 1. The van der Waals surface area contributed by atoms with E-state index in [0.29, 0.717) is 23.9 Å². The molecule has 1 heterocycles. The first-order valence-corrected chi connectivity index (χ1v) is 7.06. The van der Waals surface area contributed by atoms with E-state index in [1.54, 1.807) is 11.8 Å². The molecular weight excluding hydrogens is 262 g/mol. The van der Waals surface area contributed by atoms with Crippen LogP contribution in [0.2, 0.25) is 0 Å². The summed E-state index contributed by atoms with van der Waals surface area (Å²) < 4.78 is 5.08. The van der Waals surface area contributed by atoms with E-state index in [4.69, 9.17) is 15.4 Å². The fourth-order valence-electron chi connectivity index (χ4n) is 1.52. The standard InChI is InChI=1S/C13H17N3O2S/c1-9-2-4-10(5-3-9)19-8-12-15-13(18-16-12)11(14)6-7-17/h2-5,11,17H,6-8,14H2,1H3. The molecule has 1 aromatic heterocycles. The number of aliphatic hydroxyl groups is 1. The van der Waals surface area contributed by atoms with Crippen LogP contribution in [0.25, 0.3) is 0 Å². The van der Waals surface area contributed by atoms with Gasteiger partial charge in [-0.05, 0) is 25.5 Å². The third-order valence-electron chi connectivity index (χ3n) is 2.63. The third kappa shape index (κ3) is 4.05. The molecule has 0 amide bonds. The molecule has 5 nitrogen and oxygen atoms in total. The molecule has 0 saturated heterocycles. The molecule has 0 saturated carbocycles. The zero-order valence-corrected chi connectivity index (χ0v) is 11.6. The van der Waals surface area contributed by atoms with Gasteiger partial charge in [-0.2, -0.15) is 4.98 Å². The summed E-state index contributed by atoms with van der Waals surface area (Å²) in [5.41, 5.74) is 7.02. The van der Waals surface area contributed by atoms with Gasteiger partial charge in [0.2, 0.25) is 5.89 Å². The number of benzene rings is 1. The van der Waals surface area contributed by atoms with Crippen molar-refractivity contribution in [3.63, 3.8) is 0 Å². The Bertz CT molecular complexity index is 513. The summed E-state index contributed by atoms with van der Waals surface area (Å²) in [5.74, 6) is 1.64. The molecule has 1 unspecified atom stereocenters. The van der Waals surface area contributed by atoms with E-state index in [1.807, 2.05) is 0 Å². The largest absolute Gasteiger partial charge is 0.396 e. The Labute approximate surface area is 116 Å². The average Bonchev–Trinajstić information content (AvgIpc) is 2.87. The number of rotatable bonds is 6. The molecule has 1 aromatic carbocycles. The molecular formula is C13H17N3O2S. The predicted octanol–water partition coefficient (Wildman–Crippen LogP) is 2.05. The molecule has 2 aromatic rings. The first kappa shape index (κ1) is 14.0. The monoisotopic (exact) mass is 279 g/mol. The van der Waals surface area contributed by atoms with Gasteiger partial charge in [-0.25, -0.2) is 0 Å². The van der Waals surface area contributed by atoms with E-state index in [1.165, 1.54) is 5.56 Å². The van der Waals surface area contributed by atoms with Crippen LogP contribution < -0.4 is 5.73 Å². The second kappa shape index (κ2) is 6.70. The minimum atomic E-state index is -0.393. The summed E-state index contributed by atoms with van der Waals surface area (Å²) >= 11 is 1.65. The first-order valence-electron chi connectivity index (χ1n) is 6.07. The van der Waals surface area contributed by atoms with E-state index < -0.39 is 6.04 Å². The Morgan fingerprint density at radius 2 is 2.11 bits per heavy atom. The van der Waals surface area contributed by atoms with Crippen LogP contribution in [-0.4, -0.2) is 21.9 Å². The van der Waals surface area contributed by atoms with Gasteiger partial charge in [-0.1, -0.05) is 22.9 Å². The van der Waals surface area contributed by atoms with Crippen LogP contribution in [0.15, 0.2) is 33.7 Å². The van der Waals surface area contributed by atoms with Crippen molar-refractivity contribution in [3.8, 4) is 0 Å². The van der Waals surface area contributed by atoms with Gasteiger partial charge in [-0.15, -0.1) is 11.8 Å². The number of nitrogens with zero attached hydrogens (tertiary/aromatic N) is 2.